The topological polar surface area (TPSA) is 41.1 Å². The first-order chi connectivity index (χ1) is 10.7. The lowest BCUT2D eigenvalue weighted by Gasteiger charge is -2.08. The van der Waals surface area contributed by atoms with Crippen LogP contribution in [0.3, 0.4) is 0 Å². The molecule has 3 rings (SSSR count). The van der Waals surface area contributed by atoms with Gasteiger partial charge in [0, 0.05) is 16.4 Å². The fourth-order valence-electron chi connectivity index (χ4n) is 2.22. The number of carbonyl (C=O) groups excluding carboxylic acids is 1. The Labute approximate surface area is 133 Å². The van der Waals surface area contributed by atoms with Crippen LogP contribution in [-0.2, 0) is 4.79 Å². The summed E-state index contributed by atoms with van der Waals surface area (Å²) in [7, 11) is 0. The van der Waals surface area contributed by atoms with E-state index in [1.165, 1.54) is 0 Å². The summed E-state index contributed by atoms with van der Waals surface area (Å²) in [5.74, 6) is -0.0924. The number of hydrogen-bond donors (Lipinski definition) is 2. The molecule has 22 heavy (non-hydrogen) atoms. The Morgan fingerprint density at radius 3 is 2.32 bits per heavy atom. The Hall–Kier alpha value is -2.52. The van der Waals surface area contributed by atoms with Gasteiger partial charge >= 0.3 is 0 Å². The summed E-state index contributed by atoms with van der Waals surface area (Å²) >= 11 is 5.82. The summed E-state index contributed by atoms with van der Waals surface area (Å²) in [4.78, 5) is 12.0. The first kappa shape index (κ1) is 14.4. The predicted molar refractivity (Wildman–Crippen MR) is 92.5 cm³/mol. The highest BCUT2D eigenvalue weighted by Crippen LogP contribution is 2.19. The minimum atomic E-state index is -0.0924. The van der Waals surface area contributed by atoms with Gasteiger partial charge in [-0.15, -0.1) is 0 Å². The quantitative estimate of drug-likeness (QED) is 0.742. The molecule has 110 valence electrons. The molecule has 3 aromatic rings. The van der Waals surface area contributed by atoms with E-state index in [1.807, 2.05) is 54.6 Å². The van der Waals surface area contributed by atoms with Gasteiger partial charge in [-0.2, -0.15) is 0 Å². The van der Waals surface area contributed by atoms with Crippen LogP contribution in [0.1, 0.15) is 0 Å². The number of carbonyl (C=O) groups is 1. The maximum absolute atomic E-state index is 12.0. The van der Waals surface area contributed by atoms with E-state index in [9.17, 15) is 4.79 Å². The summed E-state index contributed by atoms with van der Waals surface area (Å²) in [6.45, 7) is 0.203. The zero-order valence-corrected chi connectivity index (χ0v) is 12.6. The lowest BCUT2D eigenvalue weighted by Crippen LogP contribution is -2.21. The van der Waals surface area contributed by atoms with Crippen LogP contribution in [0.4, 0.5) is 11.4 Å². The molecule has 0 radical (unpaired) electrons. The second-order valence-electron chi connectivity index (χ2n) is 4.97. The third-order valence-electron chi connectivity index (χ3n) is 3.33. The smallest absolute Gasteiger partial charge is 0.243 e. The third kappa shape index (κ3) is 3.57. The standard InChI is InChI=1S/C18H15ClN2O/c19-15-6-9-16(10-7-15)20-12-18(22)21-17-8-5-13-3-1-2-4-14(13)11-17/h1-11,20H,12H2,(H,21,22). The number of nitrogens with one attached hydrogen (secondary N) is 2. The van der Waals surface area contributed by atoms with Gasteiger partial charge in [-0.25, -0.2) is 0 Å². The molecule has 0 aromatic heterocycles. The van der Waals surface area contributed by atoms with Crippen LogP contribution in [0.15, 0.2) is 66.7 Å². The van der Waals surface area contributed by atoms with Gasteiger partial charge in [0.1, 0.15) is 0 Å². The number of amides is 1. The maximum Gasteiger partial charge on any atom is 0.243 e. The van der Waals surface area contributed by atoms with E-state index in [4.69, 9.17) is 11.6 Å². The van der Waals surface area contributed by atoms with E-state index in [0.717, 1.165) is 22.1 Å². The van der Waals surface area contributed by atoms with Crippen molar-refractivity contribution in [2.45, 2.75) is 0 Å². The van der Waals surface area contributed by atoms with Crippen molar-refractivity contribution in [1.29, 1.82) is 0 Å². The molecule has 0 atom stereocenters. The van der Waals surface area contributed by atoms with E-state index in [-0.39, 0.29) is 12.5 Å². The average Bonchev–Trinajstić information content (AvgIpc) is 2.54. The van der Waals surface area contributed by atoms with Crippen LogP contribution in [-0.4, -0.2) is 12.5 Å². The van der Waals surface area contributed by atoms with Crippen LogP contribution in [0.5, 0.6) is 0 Å². The zero-order chi connectivity index (χ0) is 15.4. The summed E-state index contributed by atoms with van der Waals surface area (Å²) < 4.78 is 0. The number of halogens is 1. The molecule has 0 aliphatic carbocycles. The average molecular weight is 311 g/mol. The van der Waals surface area contributed by atoms with E-state index < -0.39 is 0 Å². The van der Waals surface area contributed by atoms with Crippen molar-refractivity contribution < 1.29 is 4.79 Å². The number of rotatable bonds is 4. The SMILES string of the molecule is O=C(CNc1ccc(Cl)cc1)Nc1ccc2ccccc2c1. The van der Waals surface area contributed by atoms with Crippen molar-refractivity contribution in [2.24, 2.45) is 0 Å². The van der Waals surface area contributed by atoms with Crippen LogP contribution in [0.2, 0.25) is 5.02 Å². The summed E-state index contributed by atoms with van der Waals surface area (Å²) in [5, 5.41) is 8.87. The molecule has 0 bridgehead atoms. The van der Waals surface area contributed by atoms with Gasteiger partial charge in [0.05, 0.1) is 6.54 Å². The highest BCUT2D eigenvalue weighted by Gasteiger charge is 2.03. The van der Waals surface area contributed by atoms with E-state index >= 15 is 0 Å². The molecule has 3 aromatic carbocycles. The molecule has 0 saturated carbocycles. The van der Waals surface area contributed by atoms with E-state index in [1.54, 1.807) is 12.1 Å². The number of hydrogen-bond acceptors (Lipinski definition) is 2. The molecular weight excluding hydrogens is 296 g/mol. The normalized spacial score (nSPS) is 10.4. The second-order valence-corrected chi connectivity index (χ2v) is 5.41. The molecule has 3 nitrogen and oxygen atoms in total. The van der Waals surface area contributed by atoms with Crippen LogP contribution >= 0.6 is 11.6 Å². The number of anilines is 2. The van der Waals surface area contributed by atoms with Crippen LogP contribution in [0.25, 0.3) is 10.8 Å². The molecule has 0 spiro atoms. The van der Waals surface area contributed by atoms with Gasteiger partial charge in [-0.1, -0.05) is 41.9 Å². The molecule has 0 unspecified atom stereocenters. The first-order valence-electron chi connectivity index (χ1n) is 6.99. The fourth-order valence-corrected chi connectivity index (χ4v) is 2.35. The maximum atomic E-state index is 12.0. The predicted octanol–water partition coefficient (Wildman–Crippen LogP) is 4.54. The van der Waals surface area contributed by atoms with Crippen molar-refractivity contribution >= 4 is 39.7 Å². The number of fused-ring (bicyclic) bond motifs is 1. The Bertz CT molecular complexity index is 800. The molecular formula is C18H15ClN2O. The van der Waals surface area contributed by atoms with Crippen LogP contribution in [0, 0.1) is 0 Å². The molecule has 0 aliphatic heterocycles. The Balaban J connectivity index is 1.61. The molecule has 4 heteroatoms. The minimum Gasteiger partial charge on any atom is -0.376 e. The Kier molecular flexibility index (Phi) is 4.26. The monoisotopic (exact) mass is 310 g/mol. The summed E-state index contributed by atoms with van der Waals surface area (Å²) in [5.41, 5.74) is 1.65. The third-order valence-corrected chi connectivity index (χ3v) is 3.58. The zero-order valence-electron chi connectivity index (χ0n) is 11.8. The molecule has 1 amide bonds. The Morgan fingerprint density at radius 1 is 0.864 bits per heavy atom. The van der Waals surface area contributed by atoms with Crippen molar-refractivity contribution in [3.8, 4) is 0 Å². The van der Waals surface area contributed by atoms with Gasteiger partial charge in [0.25, 0.3) is 0 Å². The largest absolute Gasteiger partial charge is 0.376 e. The van der Waals surface area contributed by atoms with E-state index in [2.05, 4.69) is 10.6 Å². The van der Waals surface area contributed by atoms with Crippen LogP contribution < -0.4 is 10.6 Å². The van der Waals surface area contributed by atoms with Gasteiger partial charge < -0.3 is 10.6 Å². The van der Waals surface area contributed by atoms with Gasteiger partial charge in [-0.3, -0.25) is 4.79 Å². The van der Waals surface area contributed by atoms with E-state index in [0.29, 0.717) is 5.02 Å². The fraction of sp³-hybridized carbons (Fsp3) is 0.0556. The number of benzene rings is 3. The summed E-state index contributed by atoms with van der Waals surface area (Å²) in [6, 6.07) is 21.2. The lowest BCUT2D eigenvalue weighted by atomic mass is 10.1. The molecule has 0 saturated heterocycles. The van der Waals surface area contributed by atoms with Crippen molar-refractivity contribution in [1.82, 2.24) is 0 Å². The minimum absolute atomic E-state index is 0.0924. The van der Waals surface area contributed by atoms with Crippen molar-refractivity contribution in [3.05, 3.63) is 71.8 Å². The molecule has 2 N–H and O–H groups in total. The van der Waals surface area contributed by atoms with Crippen molar-refractivity contribution in [3.63, 3.8) is 0 Å². The highest BCUT2D eigenvalue weighted by molar-refractivity contribution is 6.30. The van der Waals surface area contributed by atoms with Gasteiger partial charge in [0.15, 0.2) is 0 Å². The Morgan fingerprint density at radius 2 is 1.55 bits per heavy atom. The molecule has 0 heterocycles. The van der Waals surface area contributed by atoms with Gasteiger partial charge in [-0.05, 0) is 47.2 Å². The van der Waals surface area contributed by atoms with Crippen molar-refractivity contribution in [2.75, 3.05) is 17.2 Å². The highest BCUT2D eigenvalue weighted by atomic mass is 35.5. The molecule has 0 fully saturated rings. The lowest BCUT2D eigenvalue weighted by molar-refractivity contribution is -0.114. The first-order valence-corrected chi connectivity index (χ1v) is 7.36. The molecule has 0 aliphatic rings. The summed E-state index contributed by atoms with van der Waals surface area (Å²) in [6.07, 6.45) is 0. The van der Waals surface area contributed by atoms with Gasteiger partial charge in [0.2, 0.25) is 5.91 Å². The second kappa shape index (κ2) is 6.50.